The third kappa shape index (κ3) is 3.26. The third-order valence-corrected chi connectivity index (χ3v) is 3.37. The Labute approximate surface area is 130 Å². The van der Waals surface area contributed by atoms with E-state index in [0.717, 1.165) is 22.0 Å². The standard InChI is InChI=1S/C13H15N5O3S/c1-4-9-6-5-7-11(18-13(20)17(2)15-16-18)10(9)8-21-14-12(19)22-3/h4-7H,1,8H2,2-3H3,(H,14,19). The van der Waals surface area contributed by atoms with Gasteiger partial charge in [-0.1, -0.05) is 36.5 Å². The minimum Gasteiger partial charge on any atom is -0.268 e. The highest BCUT2D eigenvalue weighted by Crippen LogP contribution is 2.19. The van der Waals surface area contributed by atoms with Gasteiger partial charge in [-0.3, -0.25) is 9.63 Å². The Bertz CT molecular complexity index is 752. The molecule has 8 nitrogen and oxygen atoms in total. The number of nitrogens with one attached hydrogen (secondary N) is 1. The number of hydrogen-bond donors (Lipinski definition) is 1. The smallest absolute Gasteiger partial charge is 0.268 e. The molecule has 1 heterocycles. The molecule has 1 aromatic carbocycles. The number of amides is 1. The molecule has 2 aromatic rings. The Balaban J connectivity index is 2.38. The number of tetrazole rings is 1. The first-order valence-electron chi connectivity index (χ1n) is 6.28. The highest BCUT2D eigenvalue weighted by atomic mass is 32.2. The number of nitrogens with zero attached hydrogens (tertiary/aromatic N) is 4. The highest BCUT2D eigenvalue weighted by molar-refractivity contribution is 8.12. The number of carbonyl (C=O) groups is 1. The van der Waals surface area contributed by atoms with Crippen LogP contribution in [-0.4, -0.2) is 31.3 Å². The highest BCUT2D eigenvalue weighted by Gasteiger charge is 2.14. The quantitative estimate of drug-likeness (QED) is 0.830. The minimum absolute atomic E-state index is 0.0623. The number of rotatable bonds is 5. The van der Waals surface area contributed by atoms with Gasteiger partial charge >= 0.3 is 10.9 Å². The zero-order valence-corrected chi connectivity index (χ0v) is 13.0. The molecule has 0 aliphatic rings. The maximum atomic E-state index is 12.0. The molecule has 0 aliphatic heterocycles. The van der Waals surface area contributed by atoms with Gasteiger partial charge in [0.2, 0.25) is 0 Å². The molecule has 1 amide bonds. The lowest BCUT2D eigenvalue weighted by molar-refractivity contribution is 0.0574. The first kappa shape index (κ1) is 16.0. The lowest BCUT2D eigenvalue weighted by atomic mass is 10.1. The van der Waals surface area contributed by atoms with Crippen molar-refractivity contribution in [2.75, 3.05) is 6.26 Å². The van der Waals surface area contributed by atoms with E-state index in [2.05, 4.69) is 22.5 Å². The zero-order valence-electron chi connectivity index (χ0n) is 12.1. The lowest BCUT2D eigenvalue weighted by Crippen LogP contribution is -2.24. The van der Waals surface area contributed by atoms with Gasteiger partial charge in [-0.25, -0.2) is 10.3 Å². The van der Waals surface area contributed by atoms with Crippen LogP contribution in [0.5, 0.6) is 0 Å². The first-order chi connectivity index (χ1) is 10.6. The average Bonchev–Trinajstić information content (AvgIpc) is 2.86. The van der Waals surface area contributed by atoms with E-state index in [0.29, 0.717) is 11.3 Å². The second-order valence-corrected chi connectivity index (χ2v) is 5.01. The van der Waals surface area contributed by atoms with Crippen LogP contribution in [0, 0.1) is 0 Å². The summed E-state index contributed by atoms with van der Waals surface area (Å²) in [6.07, 6.45) is 3.28. The van der Waals surface area contributed by atoms with Gasteiger partial charge in [-0.2, -0.15) is 9.36 Å². The van der Waals surface area contributed by atoms with E-state index in [9.17, 15) is 9.59 Å². The van der Waals surface area contributed by atoms with Crippen molar-refractivity contribution in [3.05, 3.63) is 46.4 Å². The van der Waals surface area contributed by atoms with E-state index in [1.165, 1.54) is 11.7 Å². The third-order valence-electron chi connectivity index (χ3n) is 2.91. The second-order valence-electron chi connectivity index (χ2n) is 4.23. The summed E-state index contributed by atoms with van der Waals surface area (Å²) in [4.78, 5) is 28.4. The van der Waals surface area contributed by atoms with Crippen molar-refractivity contribution < 1.29 is 9.63 Å². The van der Waals surface area contributed by atoms with Crippen molar-refractivity contribution in [2.45, 2.75) is 6.61 Å². The van der Waals surface area contributed by atoms with E-state index in [4.69, 9.17) is 4.84 Å². The number of carbonyl (C=O) groups excluding carboxylic acids is 1. The van der Waals surface area contributed by atoms with Crippen LogP contribution in [0.25, 0.3) is 11.8 Å². The van der Waals surface area contributed by atoms with E-state index in [1.807, 2.05) is 6.07 Å². The summed E-state index contributed by atoms with van der Waals surface area (Å²) >= 11 is 1.00. The molecule has 0 saturated heterocycles. The molecule has 9 heteroatoms. The lowest BCUT2D eigenvalue weighted by Gasteiger charge is -2.12. The van der Waals surface area contributed by atoms with E-state index in [1.54, 1.807) is 24.5 Å². The molecular formula is C13H15N5O3S. The molecule has 1 N–H and O–H groups in total. The van der Waals surface area contributed by atoms with Crippen LogP contribution in [0.3, 0.4) is 0 Å². The Morgan fingerprint density at radius 3 is 2.86 bits per heavy atom. The van der Waals surface area contributed by atoms with Crippen LogP contribution in [-0.2, 0) is 18.5 Å². The average molecular weight is 321 g/mol. The van der Waals surface area contributed by atoms with Crippen molar-refractivity contribution in [1.82, 2.24) is 25.3 Å². The molecule has 0 spiro atoms. The van der Waals surface area contributed by atoms with Crippen molar-refractivity contribution in [1.29, 1.82) is 0 Å². The second kappa shape index (κ2) is 7.05. The number of hydrogen-bond acceptors (Lipinski definition) is 6. The molecule has 2 rings (SSSR count). The molecule has 22 heavy (non-hydrogen) atoms. The van der Waals surface area contributed by atoms with Gasteiger partial charge in [0.15, 0.2) is 0 Å². The van der Waals surface area contributed by atoms with E-state index in [-0.39, 0.29) is 17.5 Å². The molecule has 0 fully saturated rings. The number of thioether (sulfide) groups is 1. The first-order valence-corrected chi connectivity index (χ1v) is 7.50. The molecule has 1 aromatic heterocycles. The van der Waals surface area contributed by atoms with Crippen LogP contribution in [0.15, 0.2) is 29.6 Å². The van der Waals surface area contributed by atoms with Gasteiger partial charge in [-0.05, 0) is 28.3 Å². The van der Waals surface area contributed by atoms with Crippen LogP contribution in [0.4, 0.5) is 4.79 Å². The summed E-state index contributed by atoms with van der Waals surface area (Å²) in [6, 6.07) is 5.32. The Morgan fingerprint density at radius 2 is 2.27 bits per heavy atom. The van der Waals surface area contributed by atoms with E-state index >= 15 is 0 Å². The van der Waals surface area contributed by atoms with Crippen LogP contribution < -0.4 is 11.2 Å². The van der Waals surface area contributed by atoms with Gasteiger partial charge in [0.05, 0.1) is 5.69 Å². The molecule has 0 aliphatic carbocycles. The van der Waals surface area contributed by atoms with Crippen LogP contribution in [0.1, 0.15) is 11.1 Å². The predicted molar refractivity (Wildman–Crippen MR) is 83.5 cm³/mol. The predicted octanol–water partition coefficient (Wildman–Crippen LogP) is 1.11. The SMILES string of the molecule is C=Cc1cccc(-n2nnn(C)c2=O)c1CONC(=O)SC. The van der Waals surface area contributed by atoms with Crippen molar-refractivity contribution in [2.24, 2.45) is 7.05 Å². The van der Waals surface area contributed by atoms with Crippen molar-refractivity contribution in [3.8, 4) is 5.69 Å². The van der Waals surface area contributed by atoms with Crippen molar-refractivity contribution >= 4 is 23.1 Å². The number of hydroxylamine groups is 1. The summed E-state index contributed by atoms with van der Waals surface area (Å²) < 4.78 is 2.29. The molecule has 0 saturated carbocycles. The van der Waals surface area contributed by atoms with Gasteiger partial charge in [0.1, 0.15) is 6.61 Å². The number of aromatic nitrogens is 4. The molecule has 0 bridgehead atoms. The largest absolute Gasteiger partial charge is 0.368 e. The topological polar surface area (TPSA) is 91.0 Å². The molecule has 0 radical (unpaired) electrons. The Kier molecular flexibility index (Phi) is 5.12. The van der Waals surface area contributed by atoms with Gasteiger partial charge in [0, 0.05) is 12.6 Å². The molecular weight excluding hydrogens is 306 g/mol. The summed E-state index contributed by atoms with van der Waals surface area (Å²) in [7, 11) is 1.51. The summed E-state index contributed by atoms with van der Waals surface area (Å²) in [5, 5.41) is 7.19. The maximum absolute atomic E-state index is 12.0. The Morgan fingerprint density at radius 1 is 1.50 bits per heavy atom. The summed E-state index contributed by atoms with van der Waals surface area (Å²) in [5.74, 6) is 0. The van der Waals surface area contributed by atoms with Crippen LogP contribution in [0.2, 0.25) is 0 Å². The fourth-order valence-corrected chi connectivity index (χ4v) is 1.95. The monoisotopic (exact) mass is 321 g/mol. The normalized spacial score (nSPS) is 10.5. The summed E-state index contributed by atoms with van der Waals surface area (Å²) in [6.45, 7) is 3.80. The molecule has 116 valence electrons. The maximum Gasteiger partial charge on any atom is 0.368 e. The fourth-order valence-electron chi connectivity index (χ4n) is 1.81. The van der Waals surface area contributed by atoms with Gasteiger partial charge in [-0.15, -0.1) is 0 Å². The molecule has 0 unspecified atom stereocenters. The minimum atomic E-state index is -0.379. The van der Waals surface area contributed by atoms with Gasteiger partial charge < -0.3 is 0 Å². The number of aryl methyl sites for hydroxylation is 1. The van der Waals surface area contributed by atoms with Gasteiger partial charge in [0.25, 0.3) is 0 Å². The van der Waals surface area contributed by atoms with E-state index < -0.39 is 0 Å². The van der Waals surface area contributed by atoms with Crippen LogP contribution >= 0.6 is 11.8 Å². The zero-order chi connectivity index (χ0) is 16.1. The fraction of sp³-hybridized carbons (Fsp3) is 0.231. The van der Waals surface area contributed by atoms with Crippen molar-refractivity contribution in [3.63, 3.8) is 0 Å². The number of benzene rings is 1. The molecule has 0 atom stereocenters. The Hall–Kier alpha value is -2.39. The summed E-state index contributed by atoms with van der Waals surface area (Å²) in [5.41, 5.74) is 3.87.